The number of halogens is 1. The molecule has 2 aromatic carbocycles. The molecule has 1 amide bonds. The number of rotatable bonds is 4. The van der Waals surface area contributed by atoms with Gasteiger partial charge in [-0.15, -0.1) is 5.10 Å². The zero-order valence-electron chi connectivity index (χ0n) is 13.1. The highest BCUT2D eigenvalue weighted by Crippen LogP contribution is 2.23. The second-order valence-corrected chi connectivity index (χ2v) is 6.65. The molecule has 0 saturated carbocycles. The van der Waals surface area contributed by atoms with E-state index in [1.54, 1.807) is 18.2 Å². The number of hydrogen-bond acceptors (Lipinski definition) is 4. The van der Waals surface area contributed by atoms with Crippen molar-refractivity contribution in [3.05, 3.63) is 71.0 Å². The van der Waals surface area contributed by atoms with Gasteiger partial charge in [-0.1, -0.05) is 59.8 Å². The van der Waals surface area contributed by atoms with E-state index in [1.807, 2.05) is 25.1 Å². The van der Waals surface area contributed by atoms with Gasteiger partial charge in [-0.25, -0.2) is 4.39 Å². The molecular weight excluding hydrogens is 325 g/mol. The first-order valence-corrected chi connectivity index (χ1v) is 8.38. The molecule has 0 radical (unpaired) electrons. The molecule has 6 heteroatoms. The molecule has 2 aromatic rings. The molecule has 1 fully saturated rings. The standard InChI is InChI=1S/C18H16FN3OS/c1-12-5-4-6-13(9-12)10-16-17(23)21-18(24-16)22-20-11-14-7-2-3-8-15(14)19/h2-9,11,16H,10H2,1H3,(H,21,22,23)/b20-11-/t16-/m1/s1. The number of thioether (sulfide) groups is 1. The van der Waals surface area contributed by atoms with E-state index in [0.717, 1.165) is 5.56 Å². The van der Waals surface area contributed by atoms with Crippen molar-refractivity contribution in [2.24, 2.45) is 10.2 Å². The third-order valence-electron chi connectivity index (χ3n) is 3.53. The maximum atomic E-state index is 13.5. The summed E-state index contributed by atoms with van der Waals surface area (Å²) in [6.45, 7) is 2.02. The van der Waals surface area contributed by atoms with Crippen molar-refractivity contribution in [3.63, 3.8) is 0 Å². The molecular formula is C18H16FN3OS. The lowest BCUT2D eigenvalue weighted by molar-refractivity contribution is -0.118. The Labute approximate surface area is 143 Å². The summed E-state index contributed by atoms with van der Waals surface area (Å²) in [6.07, 6.45) is 1.97. The fraction of sp³-hybridized carbons (Fsp3) is 0.167. The summed E-state index contributed by atoms with van der Waals surface area (Å²) in [5.41, 5.74) is 2.63. The average Bonchev–Trinajstić information content (AvgIpc) is 2.89. The zero-order chi connectivity index (χ0) is 16.9. The van der Waals surface area contributed by atoms with E-state index < -0.39 is 0 Å². The highest BCUT2D eigenvalue weighted by Gasteiger charge is 2.30. The van der Waals surface area contributed by atoms with Crippen LogP contribution in [0.4, 0.5) is 4.39 Å². The van der Waals surface area contributed by atoms with Crippen molar-refractivity contribution >= 4 is 29.1 Å². The van der Waals surface area contributed by atoms with Crippen LogP contribution in [-0.4, -0.2) is 22.5 Å². The van der Waals surface area contributed by atoms with Gasteiger partial charge in [-0.2, -0.15) is 5.10 Å². The van der Waals surface area contributed by atoms with Crippen LogP contribution in [0, 0.1) is 12.7 Å². The molecule has 3 rings (SSSR count). The lowest BCUT2D eigenvalue weighted by Crippen LogP contribution is -2.25. The summed E-state index contributed by atoms with van der Waals surface area (Å²) in [5.74, 6) is -0.441. The Morgan fingerprint density at radius 2 is 2.08 bits per heavy atom. The summed E-state index contributed by atoms with van der Waals surface area (Å²) in [5, 5.41) is 10.7. The number of aryl methyl sites for hydroxylation is 1. The molecule has 1 saturated heterocycles. The second kappa shape index (κ2) is 7.40. The molecule has 0 unspecified atom stereocenters. The van der Waals surface area contributed by atoms with E-state index >= 15 is 0 Å². The highest BCUT2D eigenvalue weighted by atomic mass is 32.2. The van der Waals surface area contributed by atoms with Crippen molar-refractivity contribution in [3.8, 4) is 0 Å². The van der Waals surface area contributed by atoms with Crippen LogP contribution < -0.4 is 5.32 Å². The maximum Gasteiger partial charge on any atom is 0.239 e. The van der Waals surface area contributed by atoms with Gasteiger partial charge in [0.2, 0.25) is 5.91 Å². The Morgan fingerprint density at radius 3 is 2.88 bits per heavy atom. The fourth-order valence-corrected chi connectivity index (χ4v) is 3.33. The molecule has 1 aliphatic rings. The Bertz CT molecular complexity index is 819. The van der Waals surface area contributed by atoms with Crippen LogP contribution in [0.1, 0.15) is 16.7 Å². The number of carbonyl (C=O) groups is 1. The summed E-state index contributed by atoms with van der Waals surface area (Å²) < 4.78 is 13.5. The van der Waals surface area contributed by atoms with Crippen LogP contribution in [0.3, 0.4) is 0 Å². The highest BCUT2D eigenvalue weighted by molar-refractivity contribution is 8.15. The van der Waals surface area contributed by atoms with Crippen LogP contribution in [0.15, 0.2) is 58.7 Å². The van der Waals surface area contributed by atoms with Gasteiger partial charge in [-0.05, 0) is 25.0 Å². The van der Waals surface area contributed by atoms with Crippen LogP contribution in [-0.2, 0) is 11.2 Å². The quantitative estimate of drug-likeness (QED) is 0.685. The van der Waals surface area contributed by atoms with Gasteiger partial charge in [0.25, 0.3) is 0 Å². The Morgan fingerprint density at radius 1 is 1.25 bits per heavy atom. The van der Waals surface area contributed by atoms with Crippen molar-refractivity contribution in [2.75, 3.05) is 0 Å². The molecule has 0 aliphatic carbocycles. The average molecular weight is 341 g/mol. The van der Waals surface area contributed by atoms with Gasteiger partial charge in [0.15, 0.2) is 5.17 Å². The van der Waals surface area contributed by atoms with Crippen LogP contribution in [0.5, 0.6) is 0 Å². The smallest absolute Gasteiger partial charge is 0.239 e. The number of amides is 1. The summed E-state index contributed by atoms with van der Waals surface area (Å²) in [6, 6.07) is 14.4. The molecule has 4 nitrogen and oxygen atoms in total. The van der Waals surface area contributed by atoms with E-state index in [4.69, 9.17) is 0 Å². The largest absolute Gasteiger partial charge is 0.303 e. The van der Waals surface area contributed by atoms with Crippen molar-refractivity contribution in [1.29, 1.82) is 0 Å². The second-order valence-electron chi connectivity index (χ2n) is 5.46. The summed E-state index contributed by atoms with van der Waals surface area (Å²) >= 11 is 1.34. The molecule has 0 spiro atoms. The van der Waals surface area contributed by atoms with E-state index in [2.05, 4.69) is 21.6 Å². The third-order valence-corrected chi connectivity index (χ3v) is 4.60. The minimum Gasteiger partial charge on any atom is -0.303 e. The minimum atomic E-state index is -0.359. The summed E-state index contributed by atoms with van der Waals surface area (Å²) in [4.78, 5) is 12.0. The molecule has 0 aromatic heterocycles. The van der Waals surface area contributed by atoms with E-state index in [-0.39, 0.29) is 17.0 Å². The van der Waals surface area contributed by atoms with Gasteiger partial charge in [0.05, 0.1) is 11.5 Å². The number of nitrogens with one attached hydrogen (secondary N) is 1. The first-order chi connectivity index (χ1) is 11.6. The molecule has 122 valence electrons. The Balaban J connectivity index is 1.65. The zero-order valence-corrected chi connectivity index (χ0v) is 13.9. The predicted octanol–water partition coefficient (Wildman–Crippen LogP) is 3.30. The number of nitrogens with zero attached hydrogens (tertiary/aromatic N) is 2. The first-order valence-electron chi connectivity index (χ1n) is 7.50. The van der Waals surface area contributed by atoms with Crippen LogP contribution in [0.25, 0.3) is 0 Å². The number of benzene rings is 2. The van der Waals surface area contributed by atoms with Crippen molar-refractivity contribution in [2.45, 2.75) is 18.6 Å². The van der Waals surface area contributed by atoms with Gasteiger partial charge < -0.3 is 5.32 Å². The Hall–Kier alpha value is -2.47. The van der Waals surface area contributed by atoms with Crippen molar-refractivity contribution < 1.29 is 9.18 Å². The van der Waals surface area contributed by atoms with E-state index in [9.17, 15) is 9.18 Å². The van der Waals surface area contributed by atoms with E-state index in [0.29, 0.717) is 17.2 Å². The molecule has 1 aliphatic heterocycles. The van der Waals surface area contributed by atoms with Gasteiger partial charge >= 0.3 is 0 Å². The normalized spacial score (nSPS) is 19.2. The van der Waals surface area contributed by atoms with E-state index in [1.165, 1.54) is 29.6 Å². The molecule has 1 atom stereocenters. The van der Waals surface area contributed by atoms with Crippen molar-refractivity contribution in [1.82, 2.24) is 5.32 Å². The number of hydrogen-bond donors (Lipinski definition) is 1. The first kappa shape index (κ1) is 16.4. The van der Waals surface area contributed by atoms with Gasteiger partial charge in [0.1, 0.15) is 5.82 Å². The van der Waals surface area contributed by atoms with Crippen LogP contribution in [0.2, 0.25) is 0 Å². The van der Waals surface area contributed by atoms with Crippen LogP contribution >= 0.6 is 11.8 Å². The SMILES string of the molecule is Cc1cccc(C[C@H]2S/C(=N/N=C\c3ccccc3F)NC2=O)c1. The molecule has 0 bridgehead atoms. The molecule has 24 heavy (non-hydrogen) atoms. The topological polar surface area (TPSA) is 53.8 Å². The monoisotopic (exact) mass is 341 g/mol. The third kappa shape index (κ3) is 4.08. The summed E-state index contributed by atoms with van der Waals surface area (Å²) in [7, 11) is 0. The maximum absolute atomic E-state index is 13.5. The lowest BCUT2D eigenvalue weighted by Gasteiger charge is -2.05. The van der Waals surface area contributed by atoms with Gasteiger partial charge in [0, 0.05) is 5.56 Å². The predicted molar refractivity (Wildman–Crippen MR) is 95.8 cm³/mol. The fourth-order valence-electron chi connectivity index (χ4n) is 2.36. The minimum absolute atomic E-state index is 0.0821. The molecule has 1 heterocycles. The van der Waals surface area contributed by atoms with Gasteiger partial charge in [-0.3, -0.25) is 4.79 Å². The number of carbonyl (C=O) groups excluding carboxylic acids is 1. The Kier molecular flexibility index (Phi) is 5.05. The molecule has 1 N–H and O–H groups in total. The lowest BCUT2D eigenvalue weighted by atomic mass is 10.1. The number of amidine groups is 1.